The van der Waals surface area contributed by atoms with E-state index in [-0.39, 0.29) is 18.2 Å². The lowest BCUT2D eigenvalue weighted by molar-refractivity contribution is -0.120. The molecular weight excluding hydrogens is 386 g/mol. The lowest BCUT2D eigenvalue weighted by atomic mass is 10.3. The minimum Gasteiger partial charge on any atom is -0.356 e. The number of hydrogen-bond acceptors (Lipinski definition) is 6. The summed E-state index contributed by atoms with van der Waals surface area (Å²) in [6.07, 6.45) is 1.08. The number of hydrogen-bond donors (Lipinski definition) is 2. The quantitative estimate of drug-likeness (QED) is 0.600. The summed E-state index contributed by atoms with van der Waals surface area (Å²) < 4.78 is 0. The predicted molar refractivity (Wildman–Crippen MR) is 108 cm³/mol. The molecule has 3 heterocycles. The molecule has 0 aliphatic heterocycles. The fourth-order valence-corrected chi connectivity index (χ4v) is 4.62. The van der Waals surface area contributed by atoms with E-state index in [0.29, 0.717) is 18.0 Å². The molecule has 0 saturated carbocycles. The highest BCUT2D eigenvalue weighted by molar-refractivity contribution is 7.16. The Bertz CT molecular complexity index is 868. The van der Waals surface area contributed by atoms with E-state index < -0.39 is 0 Å². The summed E-state index contributed by atoms with van der Waals surface area (Å²) in [5, 5.41) is 10.6. The van der Waals surface area contributed by atoms with E-state index in [1.54, 1.807) is 28.7 Å². The molecule has 26 heavy (non-hydrogen) atoms. The lowest BCUT2D eigenvalue weighted by Gasteiger charge is -2.05. The number of amides is 2. The second-order valence-electron chi connectivity index (χ2n) is 5.60. The van der Waals surface area contributed by atoms with Gasteiger partial charge in [0, 0.05) is 29.8 Å². The molecule has 0 fully saturated rings. The molecule has 5 nitrogen and oxygen atoms in total. The number of aromatic nitrogens is 1. The first-order valence-electron chi connectivity index (χ1n) is 8.21. The van der Waals surface area contributed by atoms with Gasteiger partial charge in [0.25, 0.3) is 5.91 Å². The van der Waals surface area contributed by atoms with Gasteiger partial charge in [-0.25, -0.2) is 4.98 Å². The maximum Gasteiger partial charge on any atom is 0.261 e. The smallest absolute Gasteiger partial charge is 0.261 e. The van der Waals surface area contributed by atoms with Gasteiger partial charge in [-0.15, -0.1) is 34.0 Å². The Labute approximate surface area is 164 Å². The van der Waals surface area contributed by atoms with Gasteiger partial charge in [-0.05, 0) is 36.9 Å². The van der Waals surface area contributed by atoms with Crippen molar-refractivity contribution in [2.24, 2.45) is 0 Å². The van der Waals surface area contributed by atoms with Crippen LogP contribution in [0.5, 0.6) is 0 Å². The fraction of sp³-hybridized carbons (Fsp3) is 0.278. The second kappa shape index (κ2) is 9.07. The van der Waals surface area contributed by atoms with Gasteiger partial charge in [-0.1, -0.05) is 6.07 Å². The predicted octanol–water partition coefficient (Wildman–Crippen LogP) is 3.72. The van der Waals surface area contributed by atoms with Crippen molar-refractivity contribution in [3.63, 3.8) is 0 Å². The molecule has 0 aliphatic rings. The monoisotopic (exact) mass is 405 g/mol. The largest absolute Gasteiger partial charge is 0.356 e. The highest BCUT2D eigenvalue weighted by Crippen LogP contribution is 2.29. The summed E-state index contributed by atoms with van der Waals surface area (Å²) in [6.45, 7) is 2.93. The average molecular weight is 406 g/mol. The molecule has 0 saturated heterocycles. The Balaban J connectivity index is 1.35. The zero-order valence-corrected chi connectivity index (χ0v) is 16.7. The molecule has 3 aromatic rings. The third kappa shape index (κ3) is 5.23. The molecule has 136 valence electrons. The summed E-state index contributed by atoms with van der Waals surface area (Å²) in [4.78, 5) is 31.2. The number of nitrogens with zero attached hydrogens (tertiary/aromatic N) is 1. The molecular formula is C18H19N3O2S3. The van der Waals surface area contributed by atoms with Gasteiger partial charge >= 0.3 is 0 Å². The number of carbonyl (C=O) groups is 2. The standard InChI is InChI=1S/C18H19N3O2S3/c1-12-21-14(11-25-12)15-5-4-13(26-15)6-8-19-17(22)7-9-20-18(23)16-3-2-10-24-16/h2-5,10-11H,6-9H2,1H3,(H,19,22)(H,20,23). The zero-order chi connectivity index (χ0) is 18.4. The molecule has 3 aromatic heterocycles. The first kappa shape index (κ1) is 18.8. The highest BCUT2D eigenvalue weighted by atomic mass is 32.1. The molecule has 0 aromatic carbocycles. The zero-order valence-electron chi connectivity index (χ0n) is 14.3. The van der Waals surface area contributed by atoms with E-state index in [1.165, 1.54) is 16.2 Å². The van der Waals surface area contributed by atoms with Gasteiger partial charge in [-0.2, -0.15) is 0 Å². The van der Waals surface area contributed by atoms with Crippen LogP contribution in [0, 0.1) is 6.92 Å². The molecule has 0 aliphatic carbocycles. The van der Waals surface area contributed by atoms with E-state index in [9.17, 15) is 9.59 Å². The van der Waals surface area contributed by atoms with Crippen molar-refractivity contribution in [3.8, 4) is 10.6 Å². The third-order valence-corrected chi connectivity index (χ3v) is 6.42. The van der Waals surface area contributed by atoms with Crippen molar-refractivity contribution in [1.29, 1.82) is 0 Å². The second-order valence-corrected chi connectivity index (χ2v) is 8.78. The van der Waals surface area contributed by atoms with Crippen LogP contribution < -0.4 is 10.6 Å². The number of thiazole rings is 1. The molecule has 3 rings (SSSR count). The number of aryl methyl sites for hydroxylation is 1. The summed E-state index contributed by atoms with van der Waals surface area (Å²) in [5.41, 5.74) is 1.02. The minimum atomic E-state index is -0.129. The topological polar surface area (TPSA) is 71.1 Å². The molecule has 0 unspecified atom stereocenters. The van der Waals surface area contributed by atoms with Crippen LogP contribution in [0.3, 0.4) is 0 Å². The molecule has 0 spiro atoms. The Kier molecular flexibility index (Phi) is 6.54. The third-order valence-electron chi connectivity index (χ3n) is 3.61. The fourth-order valence-electron chi connectivity index (χ4n) is 2.32. The van der Waals surface area contributed by atoms with Gasteiger partial charge in [0.05, 0.1) is 20.5 Å². The number of thiophene rings is 2. The van der Waals surface area contributed by atoms with E-state index in [4.69, 9.17) is 0 Å². The van der Waals surface area contributed by atoms with Gasteiger partial charge in [-0.3, -0.25) is 9.59 Å². The number of nitrogens with one attached hydrogen (secondary N) is 2. The van der Waals surface area contributed by atoms with Crippen LogP contribution in [0.25, 0.3) is 10.6 Å². The Morgan fingerprint density at radius 1 is 1.12 bits per heavy atom. The summed E-state index contributed by atoms with van der Waals surface area (Å²) >= 11 is 4.74. The first-order chi connectivity index (χ1) is 12.6. The van der Waals surface area contributed by atoms with Crippen LogP contribution in [-0.2, 0) is 11.2 Å². The van der Waals surface area contributed by atoms with Crippen molar-refractivity contribution in [1.82, 2.24) is 15.6 Å². The van der Waals surface area contributed by atoms with Crippen LogP contribution in [0.15, 0.2) is 35.0 Å². The first-order valence-corrected chi connectivity index (χ1v) is 10.8. The summed E-state index contributed by atoms with van der Waals surface area (Å²) in [7, 11) is 0. The lowest BCUT2D eigenvalue weighted by Crippen LogP contribution is -2.31. The number of carbonyl (C=O) groups excluding carboxylic acids is 2. The average Bonchev–Trinajstić information content (AvgIpc) is 3.36. The minimum absolute atomic E-state index is 0.0524. The van der Waals surface area contributed by atoms with Crippen molar-refractivity contribution in [3.05, 3.63) is 49.8 Å². The molecule has 2 N–H and O–H groups in total. The number of rotatable bonds is 8. The van der Waals surface area contributed by atoms with E-state index in [1.807, 2.05) is 18.4 Å². The SMILES string of the molecule is Cc1nc(-c2ccc(CCNC(=O)CCNC(=O)c3cccs3)s2)cs1. The molecule has 2 amide bonds. The Hall–Kier alpha value is -2.03. The highest BCUT2D eigenvalue weighted by Gasteiger charge is 2.08. The van der Waals surface area contributed by atoms with Gasteiger partial charge in [0.2, 0.25) is 5.91 Å². The van der Waals surface area contributed by atoms with E-state index >= 15 is 0 Å². The molecule has 8 heteroatoms. The molecule has 0 radical (unpaired) electrons. The van der Waals surface area contributed by atoms with Crippen LogP contribution in [0.2, 0.25) is 0 Å². The van der Waals surface area contributed by atoms with Crippen LogP contribution in [-0.4, -0.2) is 29.9 Å². The Morgan fingerprint density at radius 3 is 2.73 bits per heavy atom. The van der Waals surface area contributed by atoms with Crippen LogP contribution in [0.4, 0.5) is 0 Å². The van der Waals surface area contributed by atoms with E-state index in [2.05, 4.69) is 33.1 Å². The van der Waals surface area contributed by atoms with Crippen LogP contribution >= 0.6 is 34.0 Å². The van der Waals surface area contributed by atoms with Gasteiger partial charge < -0.3 is 10.6 Å². The summed E-state index contributed by atoms with van der Waals surface area (Å²) in [5.74, 6) is -0.181. The van der Waals surface area contributed by atoms with Crippen molar-refractivity contribution < 1.29 is 9.59 Å². The van der Waals surface area contributed by atoms with Gasteiger partial charge in [0.1, 0.15) is 0 Å². The maximum atomic E-state index is 11.9. The van der Waals surface area contributed by atoms with Crippen LogP contribution in [0.1, 0.15) is 26.0 Å². The van der Waals surface area contributed by atoms with Crippen molar-refractivity contribution in [2.75, 3.05) is 13.1 Å². The van der Waals surface area contributed by atoms with Gasteiger partial charge in [0.15, 0.2) is 0 Å². The Morgan fingerprint density at radius 2 is 2.00 bits per heavy atom. The molecule has 0 bridgehead atoms. The summed E-state index contributed by atoms with van der Waals surface area (Å²) in [6, 6.07) is 7.76. The normalized spacial score (nSPS) is 10.7. The van der Waals surface area contributed by atoms with E-state index in [0.717, 1.165) is 22.0 Å². The van der Waals surface area contributed by atoms with Crippen molar-refractivity contribution in [2.45, 2.75) is 19.8 Å². The maximum absolute atomic E-state index is 11.9. The van der Waals surface area contributed by atoms with Crippen molar-refractivity contribution >= 4 is 45.8 Å². The molecule has 0 atom stereocenters.